The number of carbonyl (C=O) groups is 1. The molecule has 0 spiro atoms. The number of ether oxygens (including phenoxy) is 1. The summed E-state index contributed by atoms with van der Waals surface area (Å²) in [5.41, 5.74) is 1.01. The van der Waals surface area contributed by atoms with Gasteiger partial charge in [0.05, 0.1) is 0 Å². The van der Waals surface area contributed by atoms with Gasteiger partial charge in [-0.15, -0.1) is 0 Å². The number of rotatable bonds is 4. The standard InChI is InChI=1S/C21H23BrFNO2/c1-15-14-17(8-11-19(15)22)24(2)20(25)21(12-4-3-5-13-21)26-18-9-6-16(23)7-10-18/h6-11,14H,3-5,12-13H2,1-2H3. The molecule has 138 valence electrons. The van der Waals surface area contributed by atoms with Crippen LogP contribution in [0.4, 0.5) is 10.1 Å². The van der Waals surface area contributed by atoms with Crippen molar-refractivity contribution in [1.82, 2.24) is 0 Å². The lowest BCUT2D eigenvalue weighted by Crippen LogP contribution is -2.53. The number of anilines is 1. The van der Waals surface area contributed by atoms with Gasteiger partial charge in [0, 0.05) is 17.2 Å². The van der Waals surface area contributed by atoms with Gasteiger partial charge in [0.15, 0.2) is 5.60 Å². The van der Waals surface area contributed by atoms with E-state index in [-0.39, 0.29) is 11.7 Å². The highest BCUT2D eigenvalue weighted by Crippen LogP contribution is 2.36. The number of hydrogen-bond donors (Lipinski definition) is 0. The first-order valence-electron chi connectivity index (χ1n) is 8.90. The Bertz CT molecular complexity index is 785. The average Bonchev–Trinajstić information content (AvgIpc) is 2.65. The minimum Gasteiger partial charge on any atom is -0.477 e. The third kappa shape index (κ3) is 3.93. The molecule has 0 bridgehead atoms. The Labute approximate surface area is 162 Å². The van der Waals surface area contributed by atoms with Crippen molar-refractivity contribution in [2.45, 2.75) is 44.6 Å². The van der Waals surface area contributed by atoms with Crippen molar-refractivity contribution in [3.63, 3.8) is 0 Å². The predicted molar refractivity (Wildman–Crippen MR) is 105 cm³/mol. The van der Waals surface area contributed by atoms with Crippen LogP contribution in [0.15, 0.2) is 46.9 Å². The minimum absolute atomic E-state index is 0.0525. The summed E-state index contributed by atoms with van der Waals surface area (Å²) in [6.07, 6.45) is 4.33. The van der Waals surface area contributed by atoms with Gasteiger partial charge in [-0.3, -0.25) is 4.79 Å². The zero-order valence-corrected chi connectivity index (χ0v) is 16.7. The van der Waals surface area contributed by atoms with Gasteiger partial charge in [0.25, 0.3) is 5.91 Å². The molecule has 0 unspecified atom stereocenters. The average molecular weight is 420 g/mol. The normalized spacial score (nSPS) is 16.2. The van der Waals surface area contributed by atoms with Crippen LogP contribution in [0.1, 0.15) is 37.7 Å². The van der Waals surface area contributed by atoms with Gasteiger partial charge in [0.1, 0.15) is 11.6 Å². The van der Waals surface area contributed by atoms with Crippen LogP contribution in [0, 0.1) is 12.7 Å². The third-order valence-corrected chi connectivity index (χ3v) is 5.90. The highest BCUT2D eigenvalue weighted by molar-refractivity contribution is 9.10. The van der Waals surface area contributed by atoms with Gasteiger partial charge in [0.2, 0.25) is 0 Å². The number of halogens is 2. The van der Waals surface area contributed by atoms with E-state index in [2.05, 4.69) is 15.9 Å². The summed E-state index contributed by atoms with van der Waals surface area (Å²) in [5.74, 6) is 0.161. The molecule has 5 heteroatoms. The molecule has 0 atom stereocenters. The van der Waals surface area contributed by atoms with Crippen LogP contribution in [0.25, 0.3) is 0 Å². The molecule has 2 aromatic carbocycles. The van der Waals surface area contributed by atoms with Crippen LogP contribution in [0.3, 0.4) is 0 Å². The fourth-order valence-electron chi connectivity index (χ4n) is 3.47. The van der Waals surface area contributed by atoms with E-state index < -0.39 is 5.60 Å². The summed E-state index contributed by atoms with van der Waals surface area (Å²) in [6, 6.07) is 11.7. The smallest absolute Gasteiger partial charge is 0.270 e. The van der Waals surface area contributed by atoms with E-state index in [1.165, 1.54) is 12.1 Å². The summed E-state index contributed by atoms with van der Waals surface area (Å²) in [5, 5.41) is 0. The van der Waals surface area contributed by atoms with E-state index in [9.17, 15) is 9.18 Å². The molecule has 0 aromatic heterocycles. The summed E-state index contributed by atoms with van der Waals surface area (Å²) in [6.45, 7) is 2.00. The lowest BCUT2D eigenvalue weighted by molar-refractivity contribution is -0.136. The largest absolute Gasteiger partial charge is 0.477 e. The predicted octanol–water partition coefficient (Wildman–Crippen LogP) is 5.64. The Kier molecular flexibility index (Phi) is 5.66. The van der Waals surface area contributed by atoms with Crippen LogP contribution in [0.2, 0.25) is 0 Å². The molecule has 2 aromatic rings. The van der Waals surface area contributed by atoms with Crippen molar-refractivity contribution in [1.29, 1.82) is 0 Å². The highest BCUT2D eigenvalue weighted by Gasteiger charge is 2.44. The number of amides is 1. The fourth-order valence-corrected chi connectivity index (χ4v) is 3.72. The zero-order chi connectivity index (χ0) is 18.7. The van der Waals surface area contributed by atoms with Crippen LogP contribution >= 0.6 is 15.9 Å². The Hall–Kier alpha value is -1.88. The number of benzene rings is 2. The van der Waals surface area contributed by atoms with Crippen LogP contribution in [-0.4, -0.2) is 18.6 Å². The lowest BCUT2D eigenvalue weighted by Gasteiger charge is -2.39. The summed E-state index contributed by atoms with van der Waals surface area (Å²) in [7, 11) is 1.79. The SMILES string of the molecule is Cc1cc(N(C)C(=O)C2(Oc3ccc(F)cc3)CCCCC2)ccc1Br. The topological polar surface area (TPSA) is 29.5 Å². The van der Waals surface area contributed by atoms with E-state index in [4.69, 9.17) is 4.74 Å². The molecule has 1 fully saturated rings. The van der Waals surface area contributed by atoms with Gasteiger partial charge >= 0.3 is 0 Å². The fraction of sp³-hybridized carbons (Fsp3) is 0.381. The number of aryl methyl sites for hydroxylation is 1. The van der Waals surface area contributed by atoms with Gasteiger partial charge in [-0.1, -0.05) is 22.4 Å². The highest BCUT2D eigenvalue weighted by atomic mass is 79.9. The van der Waals surface area contributed by atoms with Crippen molar-refractivity contribution in [3.05, 3.63) is 58.3 Å². The van der Waals surface area contributed by atoms with Gasteiger partial charge in [-0.05, 0) is 80.6 Å². The molecule has 1 aliphatic carbocycles. The van der Waals surface area contributed by atoms with E-state index >= 15 is 0 Å². The molecule has 0 heterocycles. The first-order chi connectivity index (χ1) is 12.4. The van der Waals surface area contributed by atoms with Crippen molar-refractivity contribution in [3.8, 4) is 5.75 Å². The van der Waals surface area contributed by atoms with Crippen LogP contribution < -0.4 is 9.64 Å². The first-order valence-corrected chi connectivity index (χ1v) is 9.69. The molecule has 1 saturated carbocycles. The second-order valence-corrected chi connectivity index (χ2v) is 7.76. The second kappa shape index (κ2) is 7.78. The summed E-state index contributed by atoms with van der Waals surface area (Å²) < 4.78 is 20.4. The first kappa shape index (κ1) is 18.9. The molecule has 1 amide bonds. The molecule has 26 heavy (non-hydrogen) atoms. The lowest BCUT2D eigenvalue weighted by atomic mass is 9.83. The van der Waals surface area contributed by atoms with Gasteiger partial charge in [-0.2, -0.15) is 0 Å². The maximum Gasteiger partial charge on any atom is 0.270 e. The van der Waals surface area contributed by atoms with Crippen LogP contribution in [0.5, 0.6) is 5.75 Å². The number of likely N-dealkylation sites (N-methyl/N-ethyl adjacent to an activating group) is 1. The van der Waals surface area contributed by atoms with E-state index in [0.717, 1.165) is 35.0 Å². The number of hydrogen-bond acceptors (Lipinski definition) is 2. The molecule has 0 N–H and O–H groups in total. The zero-order valence-electron chi connectivity index (χ0n) is 15.1. The van der Waals surface area contributed by atoms with E-state index in [1.807, 2.05) is 25.1 Å². The van der Waals surface area contributed by atoms with Crippen molar-refractivity contribution >= 4 is 27.5 Å². The maximum atomic E-state index is 13.4. The second-order valence-electron chi connectivity index (χ2n) is 6.91. The van der Waals surface area contributed by atoms with Crippen LogP contribution in [-0.2, 0) is 4.79 Å². The number of carbonyl (C=O) groups excluding carboxylic acids is 1. The Morgan fingerprint density at radius 3 is 2.38 bits per heavy atom. The summed E-state index contributed by atoms with van der Waals surface area (Å²) >= 11 is 3.49. The minimum atomic E-state index is -0.897. The number of nitrogens with zero attached hydrogens (tertiary/aromatic N) is 1. The Morgan fingerprint density at radius 2 is 1.77 bits per heavy atom. The van der Waals surface area contributed by atoms with Gasteiger partial charge in [-0.25, -0.2) is 4.39 Å². The molecule has 0 aliphatic heterocycles. The molecule has 1 aliphatic rings. The van der Waals surface area contributed by atoms with Crippen molar-refractivity contribution < 1.29 is 13.9 Å². The molecule has 0 radical (unpaired) electrons. The van der Waals surface area contributed by atoms with Gasteiger partial charge < -0.3 is 9.64 Å². The quantitative estimate of drug-likeness (QED) is 0.641. The summed E-state index contributed by atoms with van der Waals surface area (Å²) in [4.78, 5) is 15.1. The molecule has 3 rings (SSSR count). The maximum absolute atomic E-state index is 13.4. The molecular weight excluding hydrogens is 397 g/mol. The van der Waals surface area contributed by atoms with E-state index in [0.29, 0.717) is 18.6 Å². The third-order valence-electron chi connectivity index (χ3n) is 5.01. The molecular formula is C21H23BrFNO2. The van der Waals surface area contributed by atoms with E-state index in [1.54, 1.807) is 24.1 Å². The Balaban J connectivity index is 1.89. The van der Waals surface area contributed by atoms with Crippen molar-refractivity contribution in [2.75, 3.05) is 11.9 Å². The van der Waals surface area contributed by atoms with Crippen molar-refractivity contribution in [2.24, 2.45) is 0 Å². The molecule has 0 saturated heterocycles. The monoisotopic (exact) mass is 419 g/mol. The molecule has 3 nitrogen and oxygen atoms in total. The Morgan fingerprint density at radius 1 is 1.12 bits per heavy atom.